The van der Waals surface area contributed by atoms with Crippen molar-refractivity contribution in [1.82, 2.24) is 10.2 Å². The van der Waals surface area contributed by atoms with Crippen molar-refractivity contribution in [2.75, 3.05) is 17.4 Å². The van der Waals surface area contributed by atoms with Crippen LogP contribution in [0.25, 0.3) is 0 Å². The fraction of sp³-hybridized carbons (Fsp3) is 0.333. The normalized spacial score (nSPS) is 12.1. The number of carbonyl (C=O) groups excluding carboxylic acids is 2. The molecule has 0 aliphatic rings. The molecule has 9 heteroatoms. The summed E-state index contributed by atoms with van der Waals surface area (Å²) in [7, 11) is -4.13. The minimum atomic E-state index is -4.13. The zero-order valence-electron chi connectivity index (χ0n) is 23.1. The number of benzene rings is 3. The van der Waals surface area contributed by atoms with Crippen LogP contribution in [0, 0.1) is 20.8 Å². The van der Waals surface area contributed by atoms with Gasteiger partial charge in [0, 0.05) is 18.1 Å². The Bertz CT molecular complexity index is 1420. The first kappa shape index (κ1) is 30.2. The number of carbonyl (C=O) groups is 2. The largest absolute Gasteiger partial charge is 0.354 e. The van der Waals surface area contributed by atoms with Gasteiger partial charge in [0.2, 0.25) is 11.8 Å². The third-order valence-electron chi connectivity index (χ3n) is 6.47. The standard InChI is InChI=1S/C30H36ClN3O4S/c1-6-16-32-30(36)24(5)33(19-25-9-7-8-22(3)17-25)29(35)20-34(28-15-12-26(31)18-23(28)4)39(37,38)27-13-10-21(2)11-14-27/h7-15,17-18,24H,6,16,19-20H2,1-5H3,(H,32,36). The molecule has 2 amide bonds. The number of hydrogen-bond acceptors (Lipinski definition) is 4. The van der Waals surface area contributed by atoms with E-state index in [1.807, 2.05) is 45.0 Å². The van der Waals surface area contributed by atoms with Crippen LogP contribution in [0.3, 0.4) is 0 Å². The fourth-order valence-electron chi connectivity index (χ4n) is 4.24. The van der Waals surface area contributed by atoms with Gasteiger partial charge in [0.1, 0.15) is 12.6 Å². The lowest BCUT2D eigenvalue weighted by atomic mass is 10.1. The molecule has 0 saturated carbocycles. The van der Waals surface area contributed by atoms with E-state index in [2.05, 4.69) is 5.32 Å². The molecule has 0 radical (unpaired) electrons. The summed E-state index contributed by atoms with van der Waals surface area (Å²) in [6, 6.07) is 18.2. The molecular weight excluding hydrogens is 534 g/mol. The van der Waals surface area contributed by atoms with Crippen LogP contribution >= 0.6 is 11.6 Å². The Morgan fingerprint density at radius 2 is 1.64 bits per heavy atom. The highest BCUT2D eigenvalue weighted by Gasteiger charge is 2.33. The summed E-state index contributed by atoms with van der Waals surface area (Å²) in [6.07, 6.45) is 0.753. The van der Waals surface area contributed by atoms with Crippen molar-refractivity contribution >= 4 is 39.1 Å². The minimum Gasteiger partial charge on any atom is -0.354 e. The Balaban J connectivity index is 2.05. The maximum atomic E-state index is 14.0. The molecule has 0 fully saturated rings. The van der Waals surface area contributed by atoms with Gasteiger partial charge in [0.25, 0.3) is 10.0 Å². The molecule has 0 spiro atoms. The second kappa shape index (κ2) is 13.1. The number of aryl methyl sites for hydroxylation is 3. The van der Waals surface area contributed by atoms with Crippen LogP contribution in [0.2, 0.25) is 5.02 Å². The summed E-state index contributed by atoms with van der Waals surface area (Å²) in [5, 5.41) is 3.30. The Morgan fingerprint density at radius 1 is 0.949 bits per heavy atom. The lowest BCUT2D eigenvalue weighted by Gasteiger charge is -2.32. The van der Waals surface area contributed by atoms with E-state index in [-0.39, 0.29) is 17.3 Å². The highest BCUT2D eigenvalue weighted by atomic mass is 35.5. The molecule has 0 heterocycles. The molecule has 0 saturated heterocycles. The molecule has 1 atom stereocenters. The van der Waals surface area contributed by atoms with Gasteiger partial charge in [-0.05, 0) is 75.6 Å². The highest BCUT2D eigenvalue weighted by molar-refractivity contribution is 7.92. The Morgan fingerprint density at radius 3 is 2.26 bits per heavy atom. The molecule has 0 aliphatic heterocycles. The van der Waals surface area contributed by atoms with Crippen LogP contribution in [-0.2, 0) is 26.2 Å². The third-order valence-corrected chi connectivity index (χ3v) is 8.48. The number of halogens is 1. The average molecular weight is 570 g/mol. The smallest absolute Gasteiger partial charge is 0.264 e. The maximum Gasteiger partial charge on any atom is 0.264 e. The number of nitrogens with one attached hydrogen (secondary N) is 1. The molecule has 7 nitrogen and oxygen atoms in total. The second-order valence-electron chi connectivity index (χ2n) is 9.73. The molecule has 1 unspecified atom stereocenters. The number of rotatable bonds is 11. The third kappa shape index (κ3) is 7.61. The molecule has 3 aromatic carbocycles. The van der Waals surface area contributed by atoms with Crippen molar-refractivity contribution in [3.05, 3.63) is 94.0 Å². The summed E-state index contributed by atoms with van der Waals surface area (Å²) in [4.78, 5) is 28.4. The zero-order valence-corrected chi connectivity index (χ0v) is 24.6. The van der Waals surface area contributed by atoms with Crippen LogP contribution in [-0.4, -0.2) is 44.3 Å². The van der Waals surface area contributed by atoms with Gasteiger partial charge in [0.15, 0.2) is 0 Å². The SMILES string of the molecule is CCCNC(=O)C(C)N(Cc1cccc(C)c1)C(=O)CN(c1ccc(Cl)cc1C)S(=O)(=O)c1ccc(C)cc1. The minimum absolute atomic E-state index is 0.0641. The Labute approximate surface area is 236 Å². The first-order valence-corrected chi connectivity index (χ1v) is 14.7. The fourth-order valence-corrected chi connectivity index (χ4v) is 5.94. The van der Waals surface area contributed by atoms with Gasteiger partial charge in [-0.2, -0.15) is 0 Å². The number of amides is 2. The predicted octanol–water partition coefficient (Wildman–Crippen LogP) is 5.40. The van der Waals surface area contributed by atoms with Crippen LogP contribution in [0.1, 0.15) is 42.5 Å². The topological polar surface area (TPSA) is 86.8 Å². The molecule has 208 valence electrons. The van der Waals surface area contributed by atoms with Gasteiger partial charge in [0.05, 0.1) is 10.6 Å². The van der Waals surface area contributed by atoms with Crippen LogP contribution in [0.15, 0.2) is 71.6 Å². The van der Waals surface area contributed by atoms with Crippen molar-refractivity contribution in [2.45, 2.75) is 58.5 Å². The Hall–Kier alpha value is -3.36. The van der Waals surface area contributed by atoms with Crippen molar-refractivity contribution in [3.63, 3.8) is 0 Å². The van der Waals surface area contributed by atoms with Crippen molar-refractivity contribution in [1.29, 1.82) is 0 Å². The molecular formula is C30H36ClN3O4S. The predicted molar refractivity (Wildman–Crippen MR) is 156 cm³/mol. The summed E-state index contributed by atoms with van der Waals surface area (Å²) in [6.45, 7) is 9.31. The molecule has 3 rings (SSSR count). The summed E-state index contributed by atoms with van der Waals surface area (Å²) in [5.41, 5.74) is 3.71. The van der Waals surface area contributed by atoms with Gasteiger partial charge >= 0.3 is 0 Å². The second-order valence-corrected chi connectivity index (χ2v) is 12.0. The molecule has 0 aromatic heterocycles. The molecule has 0 bridgehead atoms. The number of sulfonamides is 1. The van der Waals surface area contributed by atoms with Gasteiger partial charge < -0.3 is 10.2 Å². The van der Waals surface area contributed by atoms with Gasteiger partial charge in [-0.25, -0.2) is 8.42 Å². The van der Waals surface area contributed by atoms with E-state index in [0.29, 0.717) is 22.8 Å². The van der Waals surface area contributed by atoms with Crippen molar-refractivity contribution in [3.8, 4) is 0 Å². The summed E-state index contributed by atoms with van der Waals surface area (Å²) < 4.78 is 29.0. The lowest BCUT2D eigenvalue weighted by Crippen LogP contribution is -2.51. The van der Waals surface area contributed by atoms with E-state index in [1.54, 1.807) is 44.2 Å². The van der Waals surface area contributed by atoms with E-state index >= 15 is 0 Å². The maximum absolute atomic E-state index is 14.0. The first-order valence-electron chi connectivity index (χ1n) is 12.9. The molecule has 1 N–H and O–H groups in total. The summed E-state index contributed by atoms with van der Waals surface area (Å²) >= 11 is 6.16. The average Bonchev–Trinajstić information content (AvgIpc) is 2.89. The van der Waals surface area contributed by atoms with E-state index < -0.39 is 28.5 Å². The molecule has 39 heavy (non-hydrogen) atoms. The lowest BCUT2D eigenvalue weighted by molar-refractivity contribution is -0.139. The van der Waals surface area contributed by atoms with Crippen molar-refractivity contribution < 1.29 is 18.0 Å². The quantitative estimate of drug-likeness (QED) is 0.335. The van der Waals surface area contributed by atoms with Crippen LogP contribution in [0.5, 0.6) is 0 Å². The van der Waals surface area contributed by atoms with Crippen molar-refractivity contribution in [2.24, 2.45) is 0 Å². The zero-order chi connectivity index (χ0) is 28.7. The number of anilines is 1. The number of nitrogens with zero attached hydrogens (tertiary/aromatic N) is 2. The highest BCUT2D eigenvalue weighted by Crippen LogP contribution is 2.29. The monoisotopic (exact) mass is 569 g/mol. The van der Waals surface area contributed by atoms with E-state index in [4.69, 9.17) is 11.6 Å². The van der Waals surface area contributed by atoms with E-state index in [0.717, 1.165) is 27.4 Å². The molecule has 3 aromatic rings. The Kier molecular flexibility index (Phi) is 10.2. The van der Waals surface area contributed by atoms with E-state index in [1.165, 1.54) is 17.0 Å². The number of hydrogen-bond donors (Lipinski definition) is 1. The van der Waals surface area contributed by atoms with Gasteiger partial charge in [-0.1, -0.05) is 66.0 Å². The van der Waals surface area contributed by atoms with Crippen LogP contribution in [0.4, 0.5) is 5.69 Å². The first-order chi connectivity index (χ1) is 18.4. The van der Waals surface area contributed by atoms with E-state index in [9.17, 15) is 18.0 Å². The van der Waals surface area contributed by atoms with Gasteiger partial charge in [-0.3, -0.25) is 13.9 Å². The summed E-state index contributed by atoms with van der Waals surface area (Å²) in [5.74, 6) is -0.797. The molecule has 0 aliphatic carbocycles. The van der Waals surface area contributed by atoms with Crippen LogP contribution < -0.4 is 9.62 Å². The van der Waals surface area contributed by atoms with Gasteiger partial charge in [-0.15, -0.1) is 0 Å².